The highest BCUT2D eigenvalue weighted by atomic mass is 32.2. The summed E-state index contributed by atoms with van der Waals surface area (Å²) in [5.41, 5.74) is 1.19. The molecule has 1 nitrogen and oxygen atoms in total. The van der Waals surface area contributed by atoms with E-state index in [2.05, 4.69) is 4.90 Å². The fourth-order valence-electron chi connectivity index (χ4n) is 2.89. The third kappa shape index (κ3) is 5.05. The van der Waals surface area contributed by atoms with Crippen LogP contribution in [0.1, 0.15) is 18.4 Å². The zero-order chi connectivity index (χ0) is 16.1. The van der Waals surface area contributed by atoms with E-state index in [4.69, 9.17) is 0 Å². The molecule has 0 radical (unpaired) electrons. The van der Waals surface area contributed by atoms with E-state index in [0.717, 1.165) is 43.8 Å². The summed E-state index contributed by atoms with van der Waals surface area (Å²) in [5, 5.41) is 0.613. The highest BCUT2D eigenvalue weighted by molar-refractivity contribution is 8.00. The normalized spacial score (nSPS) is 16.6. The number of hydrogen-bond donors (Lipinski definition) is 0. The lowest BCUT2D eigenvalue weighted by atomic mass is 10.1. The molecule has 0 aliphatic carbocycles. The van der Waals surface area contributed by atoms with Gasteiger partial charge in [0.15, 0.2) is 0 Å². The van der Waals surface area contributed by atoms with Crippen molar-refractivity contribution < 1.29 is 8.78 Å². The van der Waals surface area contributed by atoms with Gasteiger partial charge >= 0.3 is 0 Å². The average molecular weight is 333 g/mol. The van der Waals surface area contributed by atoms with E-state index in [-0.39, 0.29) is 11.6 Å². The summed E-state index contributed by atoms with van der Waals surface area (Å²) >= 11 is 1.86. The lowest BCUT2D eigenvalue weighted by Gasteiger charge is -2.31. The Morgan fingerprint density at radius 2 is 1.43 bits per heavy atom. The van der Waals surface area contributed by atoms with E-state index in [1.54, 1.807) is 0 Å². The topological polar surface area (TPSA) is 3.24 Å². The van der Waals surface area contributed by atoms with Crippen LogP contribution >= 0.6 is 11.8 Å². The second kappa shape index (κ2) is 7.93. The highest BCUT2D eigenvalue weighted by Gasteiger charge is 2.19. The molecule has 0 atom stereocenters. The molecule has 1 saturated heterocycles. The first-order chi connectivity index (χ1) is 11.2. The molecule has 122 valence electrons. The quantitative estimate of drug-likeness (QED) is 0.776. The first-order valence-electron chi connectivity index (χ1n) is 8.08. The van der Waals surface area contributed by atoms with Gasteiger partial charge in [-0.2, -0.15) is 0 Å². The smallest absolute Gasteiger partial charge is 0.123 e. The summed E-state index contributed by atoms with van der Waals surface area (Å²) in [4.78, 5) is 3.63. The Morgan fingerprint density at radius 3 is 2.04 bits per heavy atom. The molecule has 0 saturated carbocycles. The van der Waals surface area contributed by atoms with Crippen molar-refractivity contribution in [2.24, 2.45) is 0 Å². The summed E-state index contributed by atoms with van der Waals surface area (Å²) in [7, 11) is 0. The Kier molecular flexibility index (Phi) is 5.68. The van der Waals surface area contributed by atoms with Gasteiger partial charge in [0, 0.05) is 16.7 Å². The molecule has 2 aromatic carbocycles. The Balaban J connectivity index is 1.41. The summed E-state index contributed by atoms with van der Waals surface area (Å²) in [6.45, 7) is 3.22. The summed E-state index contributed by atoms with van der Waals surface area (Å²) in [5.74, 6) is -0.350. The van der Waals surface area contributed by atoms with Crippen LogP contribution in [0.2, 0.25) is 0 Å². The van der Waals surface area contributed by atoms with Crippen molar-refractivity contribution >= 4 is 11.8 Å². The molecule has 0 bridgehead atoms. The van der Waals surface area contributed by atoms with Gasteiger partial charge in [0.1, 0.15) is 11.6 Å². The first-order valence-corrected chi connectivity index (χ1v) is 8.96. The lowest BCUT2D eigenvalue weighted by Crippen LogP contribution is -2.36. The molecule has 23 heavy (non-hydrogen) atoms. The Labute approximate surface area is 140 Å². The van der Waals surface area contributed by atoms with E-state index in [0.29, 0.717) is 5.25 Å². The SMILES string of the molecule is Fc1ccc(CCN2CCC(Sc3ccc(F)cc3)CC2)cc1. The fraction of sp³-hybridized carbons (Fsp3) is 0.368. The first kappa shape index (κ1) is 16.5. The molecule has 0 amide bonds. The number of hydrogen-bond acceptors (Lipinski definition) is 2. The molecule has 3 rings (SSSR count). The van der Waals surface area contributed by atoms with Gasteiger partial charge in [-0.05, 0) is 74.3 Å². The molecule has 0 unspecified atom stereocenters. The minimum Gasteiger partial charge on any atom is -0.303 e. The Bertz CT molecular complexity index is 604. The zero-order valence-corrected chi connectivity index (χ0v) is 13.9. The summed E-state index contributed by atoms with van der Waals surface area (Å²) in [6, 6.07) is 13.6. The second-order valence-corrected chi connectivity index (χ2v) is 7.36. The molecule has 1 aliphatic rings. The van der Waals surface area contributed by atoms with Crippen LogP contribution < -0.4 is 0 Å². The van der Waals surface area contributed by atoms with Gasteiger partial charge in [0.2, 0.25) is 0 Å². The van der Waals surface area contributed by atoms with Crippen molar-refractivity contribution in [2.75, 3.05) is 19.6 Å². The molecule has 0 aromatic heterocycles. The Hall–Kier alpha value is -1.39. The van der Waals surface area contributed by atoms with E-state index < -0.39 is 0 Å². The van der Waals surface area contributed by atoms with Crippen molar-refractivity contribution in [1.82, 2.24) is 4.90 Å². The lowest BCUT2D eigenvalue weighted by molar-refractivity contribution is 0.235. The van der Waals surface area contributed by atoms with E-state index in [9.17, 15) is 8.78 Å². The van der Waals surface area contributed by atoms with Crippen LogP contribution in [0.5, 0.6) is 0 Å². The van der Waals surface area contributed by atoms with Crippen LogP contribution in [0.15, 0.2) is 53.4 Å². The van der Waals surface area contributed by atoms with E-state index in [1.807, 2.05) is 36.0 Å². The minimum absolute atomic E-state index is 0.174. The molecule has 4 heteroatoms. The molecule has 2 aromatic rings. The standard InChI is InChI=1S/C19H21F2NS/c20-16-3-1-15(2-4-16)9-12-22-13-10-19(11-14-22)23-18-7-5-17(21)6-8-18/h1-8,19H,9-14H2. The van der Waals surface area contributed by atoms with Crippen LogP contribution in [-0.2, 0) is 6.42 Å². The number of halogens is 2. The van der Waals surface area contributed by atoms with E-state index >= 15 is 0 Å². The Morgan fingerprint density at radius 1 is 0.870 bits per heavy atom. The largest absolute Gasteiger partial charge is 0.303 e. The molecule has 1 fully saturated rings. The monoisotopic (exact) mass is 333 g/mol. The maximum Gasteiger partial charge on any atom is 0.123 e. The number of benzene rings is 2. The van der Waals surface area contributed by atoms with Gasteiger partial charge in [0.05, 0.1) is 0 Å². The van der Waals surface area contributed by atoms with Crippen molar-refractivity contribution in [3.8, 4) is 0 Å². The van der Waals surface area contributed by atoms with Gasteiger partial charge < -0.3 is 4.90 Å². The maximum absolute atomic E-state index is 12.9. The van der Waals surface area contributed by atoms with E-state index in [1.165, 1.54) is 29.8 Å². The van der Waals surface area contributed by atoms with Gasteiger partial charge in [-0.3, -0.25) is 0 Å². The molecule has 1 heterocycles. The van der Waals surface area contributed by atoms with Gasteiger partial charge in [-0.15, -0.1) is 11.8 Å². The van der Waals surface area contributed by atoms with Gasteiger partial charge in [0.25, 0.3) is 0 Å². The van der Waals surface area contributed by atoms with Gasteiger partial charge in [-0.1, -0.05) is 12.1 Å². The maximum atomic E-state index is 12.9. The zero-order valence-electron chi connectivity index (χ0n) is 13.1. The fourth-order valence-corrected chi connectivity index (χ4v) is 4.02. The number of likely N-dealkylation sites (tertiary alicyclic amines) is 1. The summed E-state index contributed by atoms with van der Waals surface area (Å²) in [6.07, 6.45) is 3.28. The van der Waals surface area contributed by atoms with Crippen LogP contribution in [0, 0.1) is 11.6 Å². The van der Waals surface area contributed by atoms with Crippen molar-refractivity contribution in [1.29, 1.82) is 0 Å². The number of rotatable bonds is 5. The molecular weight excluding hydrogens is 312 g/mol. The van der Waals surface area contributed by atoms with Crippen LogP contribution in [0.4, 0.5) is 8.78 Å². The van der Waals surface area contributed by atoms with Gasteiger partial charge in [-0.25, -0.2) is 8.78 Å². The third-order valence-electron chi connectivity index (χ3n) is 4.28. The molecule has 0 spiro atoms. The molecule has 0 N–H and O–H groups in total. The number of nitrogens with zero attached hydrogens (tertiary/aromatic N) is 1. The molecule has 1 aliphatic heterocycles. The predicted octanol–water partition coefficient (Wildman–Crippen LogP) is 4.76. The summed E-state index contributed by atoms with van der Waals surface area (Å²) < 4.78 is 25.8. The second-order valence-electron chi connectivity index (χ2n) is 5.99. The van der Waals surface area contributed by atoms with Crippen molar-refractivity contribution in [3.63, 3.8) is 0 Å². The predicted molar refractivity (Wildman–Crippen MR) is 91.8 cm³/mol. The van der Waals surface area contributed by atoms with Crippen molar-refractivity contribution in [3.05, 3.63) is 65.7 Å². The van der Waals surface area contributed by atoms with Crippen LogP contribution in [0.25, 0.3) is 0 Å². The third-order valence-corrected chi connectivity index (χ3v) is 5.63. The number of thioether (sulfide) groups is 1. The average Bonchev–Trinajstić information content (AvgIpc) is 2.58. The minimum atomic E-state index is -0.176. The number of piperidine rings is 1. The van der Waals surface area contributed by atoms with Crippen LogP contribution in [0.3, 0.4) is 0 Å². The highest BCUT2D eigenvalue weighted by Crippen LogP contribution is 2.30. The van der Waals surface area contributed by atoms with Crippen molar-refractivity contribution in [2.45, 2.75) is 29.4 Å². The molecular formula is C19H21F2NS. The van der Waals surface area contributed by atoms with Crippen LogP contribution in [-0.4, -0.2) is 29.8 Å².